The number of likely N-dealkylation sites (tertiary alicyclic amines) is 1. The molecule has 0 saturated carbocycles. The second kappa shape index (κ2) is 10.5. The molecule has 6 heteroatoms. The van der Waals surface area contributed by atoms with Crippen molar-refractivity contribution >= 4 is 5.91 Å². The minimum atomic E-state index is 0.0401. The molecule has 0 bridgehead atoms. The zero-order valence-electron chi connectivity index (χ0n) is 18.0. The number of hydrogen-bond acceptors (Lipinski definition) is 5. The van der Waals surface area contributed by atoms with Gasteiger partial charge in [0, 0.05) is 24.9 Å². The molecule has 158 valence electrons. The van der Waals surface area contributed by atoms with E-state index in [1.165, 1.54) is 31.5 Å². The largest absolute Gasteiger partial charge is 0.356 e. The molecule has 1 aromatic heterocycles. The van der Waals surface area contributed by atoms with E-state index in [2.05, 4.69) is 53.3 Å². The summed E-state index contributed by atoms with van der Waals surface area (Å²) in [5.74, 6) is 2.47. The smallest absolute Gasteiger partial charge is 0.227 e. The fraction of sp³-hybridized carbons (Fsp3) is 0.609. The predicted octanol–water partition coefficient (Wildman–Crippen LogP) is 4.03. The molecule has 1 N–H and O–H groups in total. The van der Waals surface area contributed by atoms with Gasteiger partial charge >= 0.3 is 0 Å². The van der Waals surface area contributed by atoms with Crippen LogP contribution in [0.1, 0.15) is 63.8 Å². The fourth-order valence-corrected chi connectivity index (χ4v) is 3.62. The molecule has 6 nitrogen and oxygen atoms in total. The highest BCUT2D eigenvalue weighted by atomic mass is 16.5. The van der Waals surface area contributed by atoms with E-state index in [4.69, 9.17) is 4.52 Å². The summed E-state index contributed by atoms with van der Waals surface area (Å²) in [5, 5.41) is 7.05. The van der Waals surface area contributed by atoms with Gasteiger partial charge in [-0.25, -0.2) is 0 Å². The summed E-state index contributed by atoms with van der Waals surface area (Å²) in [5.41, 5.74) is 2.21. The van der Waals surface area contributed by atoms with Crippen molar-refractivity contribution in [1.82, 2.24) is 20.4 Å². The molecule has 2 aromatic rings. The normalized spacial score (nSPS) is 15.7. The SMILES string of the molecule is CC1CCN(CCCNC(=O)CCc2nc(-c3ccc(C(C)C)cc3)no2)CC1. The molecular formula is C23H34N4O2. The van der Waals surface area contributed by atoms with Gasteiger partial charge in [0.1, 0.15) is 0 Å². The number of aryl methyl sites for hydroxylation is 1. The number of nitrogens with zero attached hydrogens (tertiary/aromatic N) is 3. The Labute approximate surface area is 174 Å². The third-order valence-electron chi connectivity index (χ3n) is 5.72. The van der Waals surface area contributed by atoms with Crippen LogP contribution in [0, 0.1) is 5.92 Å². The molecule has 3 rings (SSSR count). The minimum absolute atomic E-state index is 0.0401. The Morgan fingerprint density at radius 2 is 1.97 bits per heavy atom. The molecule has 0 spiro atoms. The first kappa shape index (κ1) is 21.5. The number of hydrogen-bond donors (Lipinski definition) is 1. The van der Waals surface area contributed by atoms with Crippen molar-refractivity contribution in [3.63, 3.8) is 0 Å². The van der Waals surface area contributed by atoms with Gasteiger partial charge in [0.2, 0.25) is 17.6 Å². The van der Waals surface area contributed by atoms with Gasteiger partial charge in [0.25, 0.3) is 0 Å². The molecule has 29 heavy (non-hydrogen) atoms. The first-order valence-electron chi connectivity index (χ1n) is 10.9. The number of aromatic nitrogens is 2. The van der Waals surface area contributed by atoms with Crippen molar-refractivity contribution in [2.24, 2.45) is 5.92 Å². The van der Waals surface area contributed by atoms with E-state index in [0.717, 1.165) is 31.0 Å². The van der Waals surface area contributed by atoms with Gasteiger partial charge in [0.15, 0.2) is 0 Å². The maximum absolute atomic E-state index is 12.1. The van der Waals surface area contributed by atoms with E-state index in [1.54, 1.807) is 0 Å². The van der Waals surface area contributed by atoms with E-state index in [9.17, 15) is 4.79 Å². The number of carbonyl (C=O) groups is 1. The summed E-state index contributed by atoms with van der Waals surface area (Å²) in [7, 11) is 0. The number of amides is 1. The van der Waals surface area contributed by atoms with Crippen LogP contribution in [0.25, 0.3) is 11.4 Å². The molecule has 1 amide bonds. The van der Waals surface area contributed by atoms with Crippen LogP contribution in [0.2, 0.25) is 0 Å². The summed E-state index contributed by atoms with van der Waals surface area (Å²) in [4.78, 5) is 19.0. The highest BCUT2D eigenvalue weighted by molar-refractivity contribution is 5.75. The maximum atomic E-state index is 12.1. The van der Waals surface area contributed by atoms with E-state index in [0.29, 0.717) is 30.5 Å². The lowest BCUT2D eigenvalue weighted by Crippen LogP contribution is -2.35. The molecule has 1 aromatic carbocycles. The van der Waals surface area contributed by atoms with Gasteiger partial charge in [-0.3, -0.25) is 4.79 Å². The van der Waals surface area contributed by atoms with Crippen molar-refractivity contribution in [2.45, 2.75) is 58.8 Å². The molecule has 0 radical (unpaired) electrons. The van der Waals surface area contributed by atoms with Crippen LogP contribution in [-0.2, 0) is 11.2 Å². The first-order chi connectivity index (χ1) is 14.0. The van der Waals surface area contributed by atoms with Gasteiger partial charge in [-0.2, -0.15) is 4.98 Å². The summed E-state index contributed by atoms with van der Waals surface area (Å²) in [6, 6.07) is 8.21. The number of benzene rings is 1. The van der Waals surface area contributed by atoms with Gasteiger partial charge in [-0.1, -0.05) is 50.2 Å². The van der Waals surface area contributed by atoms with Crippen molar-refractivity contribution in [3.05, 3.63) is 35.7 Å². The number of nitrogens with one attached hydrogen (secondary N) is 1. The second-order valence-electron chi connectivity index (χ2n) is 8.52. The van der Waals surface area contributed by atoms with Crippen molar-refractivity contribution < 1.29 is 9.32 Å². The Morgan fingerprint density at radius 1 is 1.24 bits per heavy atom. The zero-order chi connectivity index (χ0) is 20.6. The third-order valence-corrected chi connectivity index (χ3v) is 5.72. The van der Waals surface area contributed by atoms with Gasteiger partial charge < -0.3 is 14.7 Å². The molecule has 1 fully saturated rings. The van der Waals surface area contributed by atoms with Crippen molar-refractivity contribution in [1.29, 1.82) is 0 Å². The molecule has 2 heterocycles. The van der Waals surface area contributed by atoms with E-state index in [1.807, 2.05) is 12.1 Å². The van der Waals surface area contributed by atoms with E-state index >= 15 is 0 Å². The molecule has 0 aliphatic carbocycles. The molecule has 1 saturated heterocycles. The Balaban J connectivity index is 1.35. The first-order valence-corrected chi connectivity index (χ1v) is 10.9. The lowest BCUT2D eigenvalue weighted by atomic mass is 9.99. The number of rotatable bonds is 9. The van der Waals surface area contributed by atoms with Crippen LogP contribution < -0.4 is 5.32 Å². The van der Waals surface area contributed by atoms with Crippen LogP contribution in [-0.4, -0.2) is 47.1 Å². The Morgan fingerprint density at radius 3 is 2.66 bits per heavy atom. The Kier molecular flexibility index (Phi) is 7.81. The maximum Gasteiger partial charge on any atom is 0.227 e. The quantitative estimate of drug-likeness (QED) is 0.646. The van der Waals surface area contributed by atoms with Gasteiger partial charge in [-0.15, -0.1) is 0 Å². The van der Waals surface area contributed by atoms with Crippen molar-refractivity contribution in [2.75, 3.05) is 26.2 Å². The molecule has 0 unspecified atom stereocenters. The standard InChI is InChI=1S/C23H34N4O2/c1-17(2)19-5-7-20(8-6-19)23-25-22(29-26-23)10-9-21(28)24-13-4-14-27-15-11-18(3)12-16-27/h5-8,17-18H,4,9-16H2,1-3H3,(H,24,28). The fourth-order valence-electron chi connectivity index (χ4n) is 3.62. The minimum Gasteiger partial charge on any atom is -0.356 e. The van der Waals surface area contributed by atoms with Crippen LogP contribution in [0.3, 0.4) is 0 Å². The molecule has 0 atom stereocenters. The summed E-state index contributed by atoms with van der Waals surface area (Å²) < 4.78 is 5.31. The van der Waals surface area contributed by atoms with Crippen LogP contribution >= 0.6 is 0 Å². The molecule has 1 aliphatic heterocycles. The Hall–Kier alpha value is -2.21. The lowest BCUT2D eigenvalue weighted by Gasteiger charge is -2.30. The molecular weight excluding hydrogens is 364 g/mol. The summed E-state index contributed by atoms with van der Waals surface area (Å²) in [6.07, 6.45) is 4.42. The van der Waals surface area contributed by atoms with Crippen molar-refractivity contribution in [3.8, 4) is 11.4 Å². The summed E-state index contributed by atoms with van der Waals surface area (Å²) in [6.45, 7) is 10.8. The average molecular weight is 399 g/mol. The lowest BCUT2D eigenvalue weighted by molar-refractivity contribution is -0.121. The Bertz CT molecular complexity index is 761. The van der Waals surface area contributed by atoms with E-state index in [-0.39, 0.29) is 5.91 Å². The topological polar surface area (TPSA) is 71.3 Å². The van der Waals surface area contributed by atoms with Gasteiger partial charge in [-0.05, 0) is 56.3 Å². The van der Waals surface area contributed by atoms with Crippen LogP contribution in [0.5, 0.6) is 0 Å². The highest BCUT2D eigenvalue weighted by Crippen LogP contribution is 2.21. The van der Waals surface area contributed by atoms with Crippen LogP contribution in [0.4, 0.5) is 0 Å². The van der Waals surface area contributed by atoms with Crippen LogP contribution in [0.15, 0.2) is 28.8 Å². The molecule has 1 aliphatic rings. The highest BCUT2D eigenvalue weighted by Gasteiger charge is 2.15. The monoisotopic (exact) mass is 398 g/mol. The van der Waals surface area contributed by atoms with Gasteiger partial charge in [0.05, 0.1) is 0 Å². The van der Waals surface area contributed by atoms with E-state index < -0.39 is 0 Å². The zero-order valence-corrected chi connectivity index (χ0v) is 18.0. The number of carbonyl (C=O) groups excluding carboxylic acids is 1. The predicted molar refractivity (Wildman–Crippen MR) is 115 cm³/mol. The second-order valence-corrected chi connectivity index (χ2v) is 8.52. The number of piperidine rings is 1. The third kappa shape index (κ3) is 6.67. The average Bonchev–Trinajstić information content (AvgIpc) is 3.20. The summed E-state index contributed by atoms with van der Waals surface area (Å²) >= 11 is 0.